The van der Waals surface area contributed by atoms with Crippen molar-refractivity contribution in [2.24, 2.45) is 0 Å². The predicted octanol–water partition coefficient (Wildman–Crippen LogP) is 3.98. The minimum Gasteiger partial charge on any atom is -0.349 e. The van der Waals surface area contributed by atoms with Crippen LogP contribution in [0.4, 0.5) is 11.4 Å². The number of nitro benzene ring substituents is 1. The number of para-hydroxylation sites is 1. The number of fused-ring (bicyclic) bond motifs is 1. The third kappa shape index (κ3) is 2.64. The smallest absolute Gasteiger partial charge is 0.272 e. The summed E-state index contributed by atoms with van der Waals surface area (Å²) in [6.07, 6.45) is 0. The van der Waals surface area contributed by atoms with Gasteiger partial charge in [0.2, 0.25) is 0 Å². The molecular weight excluding hydrogens is 306 g/mol. The van der Waals surface area contributed by atoms with Gasteiger partial charge in [-0.05, 0) is 18.2 Å². The summed E-state index contributed by atoms with van der Waals surface area (Å²) in [6.45, 7) is 0. The van der Waals surface area contributed by atoms with Crippen LogP contribution in [0.15, 0.2) is 48.5 Å². The van der Waals surface area contributed by atoms with E-state index in [9.17, 15) is 14.9 Å². The van der Waals surface area contributed by atoms with Crippen LogP contribution in [0.5, 0.6) is 0 Å². The Balaban J connectivity index is 1.88. The highest BCUT2D eigenvalue weighted by molar-refractivity contribution is 6.35. The topological polar surface area (TPSA) is 88.0 Å². The average molecular weight is 316 g/mol. The van der Waals surface area contributed by atoms with Crippen LogP contribution in [-0.4, -0.2) is 15.8 Å². The molecule has 0 fully saturated rings. The number of carbonyl (C=O) groups is 1. The summed E-state index contributed by atoms with van der Waals surface area (Å²) >= 11 is 6.05. The SMILES string of the molecule is O=C(Nc1cccc([N+](=O)[O-])c1)c1cc2cccc(Cl)c2[nH]1. The molecule has 1 heterocycles. The van der Waals surface area contributed by atoms with Gasteiger partial charge in [0.05, 0.1) is 15.5 Å². The average Bonchev–Trinajstić information content (AvgIpc) is 2.93. The van der Waals surface area contributed by atoms with Gasteiger partial charge in [-0.2, -0.15) is 0 Å². The largest absolute Gasteiger partial charge is 0.349 e. The van der Waals surface area contributed by atoms with Gasteiger partial charge in [0.1, 0.15) is 5.69 Å². The van der Waals surface area contributed by atoms with Crippen molar-refractivity contribution in [2.75, 3.05) is 5.32 Å². The Morgan fingerprint density at radius 2 is 1.95 bits per heavy atom. The molecule has 1 amide bonds. The maximum atomic E-state index is 12.2. The highest BCUT2D eigenvalue weighted by Gasteiger charge is 2.13. The van der Waals surface area contributed by atoms with Crippen LogP contribution in [0, 0.1) is 10.1 Å². The van der Waals surface area contributed by atoms with Gasteiger partial charge in [0.15, 0.2) is 0 Å². The van der Waals surface area contributed by atoms with E-state index in [1.54, 1.807) is 24.3 Å². The number of non-ortho nitro benzene ring substituents is 1. The van der Waals surface area contributed by atoms with Crippen LogP contribution in [0.1, 0.15) is 10.5 Å². The maximum absolute atomic E-state index is 12.2. The molecule has 1 aromatic heterocycles. The van der Waals surface area contributed by atoms with Gasteiger partial charge in [-0.15, -0.1) is 0 Å². The first-order valence-corrected chi connectivity index (χ1v) is 6.75. The van der Waals surface area contributed by atoms with Crippen molar-refractivity contribution in [3.05, 3.63) is 69.4 Å². The number of benzene rings is 2. The van der Waals surface area contributed by atoms with Gasteiger partial charge < -0.3 is 10.3 Å². The van der Waals surface area contributed by atoms with Gasteiger partial charge in [-0.25, -0.2) is 0 Å². The first-order valence-electron chi connectivity index (χ1n) is 6.37. The molecule has 0 aliphatic carbocycles. The Morgan fingerprint density at radius 3 is 2.68 bits per heavy atom. The second-order valence-corrected chi connectivity index (χ2v) is 5.06. The molecule has 3 rings (SSSR count). The second kappa shape index (κ2) is 5.50. The fourth-order valence-corrected chi connectivity index (χ4v) is 2.37. The molecule has 0 unspecified atom stereocenters. The number of anilines is 1. The maximum Gasteiger partial charge on any atom is 0.272 e. The Kier molecular flexibility index (Phi) is 3.52. The number of aromatic nitrogens is 1. The minimum absolute atomic E-state index is 0.0857. The van der Waals surface area contributed by atoms with Gasteiger partial charge >= 0.3 is 0 Å². The molecule has 2 aromatic carbocycles. The number of rotatable bonds is 3. The fraction of sp³-hybridized carbons (Fsp3) is 0. The van der Waals surface area contributed by atoms with E-state index in [1.807, 2.05) is 6.07 Å². The number of hydrogen-bond acceptors (Lipinski definition) is 3. The van der Waals surface area contributed by atoms with Crippen molar-refractivity contribution in [1.82, 2.24) is 4.98 Å². The summed E-state index contributed by atoms with van der Waals surface area (Å²) in [5.74, 6) is -0.396. The van der Waals surface area contributed by atoms with E-state index >= 15 is 0 Å². The number of nitro groups is 1. The van der Waals surface area contributed by atoms with Crippen molar-refractivity contribution in [3.8, 4) is 0 Å². The van der Waals surface area contributed by atoms with E-state index < -0.39 is 10.8 Å². The first kappa shape index (κ1) is 14.1. The lowest BCUT2D eigenvalue weighted by Crippen LogP contribution is -2.12. The van der Waals surface area contributed by atoms with Crippen molar-refractivity contribution in [3.63, 3.8) is 0 Å². The van der Waals surface area contributed by atoms with Gasteiger partial charge in [0, 0.05) is 23.2 Å². The Morgan fingerprint density at radius 1 is 1.18 bits per heavy atom. The van der Waals surface area contributed by atoms with Crippen molar-refractivity contribution >= 4 is 39.8 Å². The number of H-pyrrole nitrogens is 1. The normalized spacial score (nSPS) is 10.6. The van der Waals surface area contributed by atoms with Crippen LogP contribution >= 0.6 is 11.6 Å². The molecule has 0 bridgehead atoms. The molecular formula is C15H10ClN3O3. The van der Waals surface area contributed by atoms with Crippen LogP contribution < -0.4 is 5.32 Å². The highest BCUT2D eigenvalue weighted by atomic mass is 35.5. The predicted molar refractivity (Wildman–Crippen MR) is 84.4 cm³/mol. The third-order valence-corrected chi connectivity index (χ3v) is 3.48. The zero-order valence-corrected chi connectivity index (χ0v) is 11.9. The number of halogens is 1. The van der Waals surface area contributed by atoms with E-state index in [2.05, 4.69) is 10.3 Å². The molecule has 0 saturated carbocycles. The van der Waals surface area contributed by atoms with E-state index in [-0.39, 0.29) is 5.69 Å². The summed E-state index contributed by atoms with van der Waals surface area (Å²) in [5.41, 5.74) is 1.27. The number of hydrogen-bond donors (Lipinski definition) is 2. The standard InChI is InChI=1S/C15H10ClN3O3/c16-12-6-1-3-9-7-13(18-14(9)12)15(20)17-10-4-2-5-11(8-10)19(21)22/h1-8,18H,(H,17,20). The Hall–Kier alpha value is -2.86. The van der Waals surface area contributed by atoms with Crippen LogP contribution in [0.3, 0.4) is 0 Å². The molecule has 6 nitrogen and oxygen atoms in total. The second-order valence-electron chi connectivity index (χ2n) is 4.65. The van der Waals surface area contributed by atoms with Crippen molar-refractivity contribution in [2.45, 2.75) is 0 Å². The van der Waals surface area contributed by atoms with Crippen molar-refractivity contribution < 1.29 is 9.72 Å². The lowest BCUT2D eigenvalue weighted by Gasteiger charge is -2.03. The number of nitrogens with zero attached hydrogens (tertiary/aromatic N) is 1. The van der Waals surface area contributed by atoms with E-state index in [4.69, 9.17) is 11.6 Å². The number of aromatic amines is 1. The zero-order valence-electron chi connectivity index (χ0n) is 11.2. The highest BCUT2D eigenvalue weighted by Crippen LogP contribution is 2.24. The number of amides is 1. The first-order chi connectivity index (χ1) is 10.5. The summed E-state index contributed by atoms with van der Waals surface area (Å²) in [5, 5.41) is 14.7. The summed E-state index contributed by atoms with van der Waals surface area (Å²) in [6, 6.07) is 12.8. The van der Waals surface area contributed by atoms with Gasteiger partial charge in [-0.1, -0.05) is 29.8 Å². The summed E-state index contributed by atoms with van der Waals surface area (Å²) in [7, 11) is 0. The molecule has 0 aliphatic heterocycles. The lowest BCUT2D eigenvalue weighted by molar-refractivity contribution is -0.384. The molecule has 22 heavy (non-hydrogen) atoms. The Labute approximate surface area is 129 Å². The number of nitrogens with one attached hydrogen (secondary N) is 2. The molecule has 7 heteroatoms. The van der Waals surface area contributed by atoms with E-state index in [1.165, 1.54) is 18.2 Å². The zero-order chi connectivity index (χ0) is 15.7. The molecule has 2 N–H and O–H groups in total. The van der Waals surface area contributed by atoms with E-state index in [0.717, 1.165) is 5.39 Å². The monoisotopic (exact) mass is 315 g/mol. The van der Waals surface area contributed by atoms with Gasteiger partial charge in [0.25, 0.3) is 11.6 Å². The molecule has 0 radical (unpaired) electrons. The van der Waals surface area contributed by atoms with Gasteiger partial charge in [-0.3, -0.25) is 14.9 Å². The third-order valence-electron chi connectivity index (χ3n) is 3.16. The molecule has 0 atom stereocenters. The van der Waals surface area contributed by atoms with Crippen LogP contribution in [0.2, 0.25) is 5.02 Å². The quantitative estimate of drug-likeness (QED) is 0.566. The molecule has 0 saturated heterocycles. The van der Waals surface area contributed by atoms with Crippen LogP contribution in [0.25, 0.3) is 10.9 Å². The fourth-order valence-electron chi connectivity index (χ4n) is 2.14. The summed E-state index contributed by atoms with van der Waals surface area (Å²) in [4.78, 5) is 25.4. The number of carbonyl (C=O) groups excluding carboxylic acids is 1. The molecule has 0 spiro atoms. The molecule has 110 valence electrons. The minimum atomic E-state index is -0.516. The Bertz CT molecular complexity index is 889. The van der Waals surface area contributed by atoms with Crippen molar-refractivity contribution in [1.29, 1.82) is 0 Å². The van der Waals surface area contributed by atoms with E-state index in [0.29, 0.717) is 21.9 Å². The lowest BCUT2D eigenvalue weighted by atomic mass is 10.2. The van der Waals surface area contributed by atoms with Crippen LogP contribution in [-0.2, 0) is 0 Å². The molecule has 3 aromatic rings. The molecule has 0 aliphatic rings. The summed E-state index contributed by atoms with van der Waals surface area (Å²) < 4.78 is 0.